The van der Waals surface area contributed by atoms with Crippen LogP contribution in [0.4, 0.5) is 4.79 Å². The standard InChI is InChI=1S/C21H23N5O2S/c1-21(2,3)23-19(28)22-17(27)14-29-20-25-24-18(15-10-6-4-7-11-15)26(20)16-12-8-5-9-13-16/h4-13H,14H2,1-3H3,(H2,22,23,27,28). The maximum Gasteiger partial charge on any atom is 0.321 e. The SMILES string of the molecule is CC(C)(C)NC(=O)NC(=O)CSc1nnc(-c2ccccc2)n1-c1ccccc1. The fourth-order valence-electron chi connectivity index (χ4n) is 2.61. The number of imide groups is 1. The van der Waals surface area contributed by atoms with Crippen LogP contribution in [0.3, 0.4) is 0 Å². The van der Waals surface area contributed by atoms with Crippen molar-refractivity contribution in [2.75, 3.05) is 5.75 Å². The molecule has 150 valence electrons. The van der Waals surface area contributed by atoms with Crippen LogP contribution in [0.15, 0.2) is 65.8 Å². The van der Waals surface area contributed by atoms with Crippen LogP contribution in [0, 0.1) is 0 Å². The van der Waals surface area contributed by atoms with Gasteiger partial charge in [0, 0.05) is 16.8 Å². The molecule has 0 fully saturated rings. The lowest BCUT2D eigenvalue weighted by Gasteiger charge is -2.20. The molecule has 0 radical (unpaired) electrons. The number of hydrogen-bond donors (Lipinski definition) is 2. The summed E-state index contributed by atoms with van der Waals surface area (Å²) < 4.78 is 1.91. The van der Waals surface area contributed by atoms with E-state index in [-0.39, 0.29) is 5.75 Å². The first-order valence-electron chi connectivity index (χ1n) is 9.14. The Morgan fingerprint density at radius 2 is 1.59 bits per heavy atom. The Hall–Kier alpha value is -3.13. The minimum absolute atomic E-state index is 0.0390. The van der Waals surface area contributed by atoms with Crippen molar-refractivity contribution >= 4 is 23.7 Å². The van der Waals surface area contributed by atoms with E-state index < -0.39 is 17.5 Å². The Morgan fingerprint density at radius 3 is 2.21 bits per heavy atom. The number of amides is 3. The number of para-hydroxylation sites is 1. The summed E-state index contributed by atoms with van der Waals surface area (Å²) in [7, 11) is 0. The maximum absolute atomic E-state index is 12.2. The van der Waals surface area contributed by atoms with Crippen molar-refractivity contribution in [3.63, 3.8) is 0 Å². The fourth-order valence-corrected chi connectivity index (χ4v) is 3.36. The van der Waals surface area contributed by atoms with Gasteiger partial charge in [-0.1, -0.05) is 60.3 Å². The molecule has 1 aromatic heterocycles. The molecule has 0 saturated heterocycles. The zero-order valence-corrected chi connectivity index (χ0v) is 17.4. The van der Waals surface area contributed by atoms with Gasteiger partial charge in [0.1, 0.15) is 0 Å². The molecule has 7 nitrogen and oxygen atoms in total. The van der Waals surface area contributed by atoms with E-state index in [1.165, 1.54) is 11.8 Å². The number of nitrogens with one attached hydrogen (secondary N) is 2. The number of rotatable bonds is 5. The van der Waals surface area contributed by atoms with Crippen molar-refractivity contribution in [2.24, 2.45) is 0 Å². The molecule has 0 aliphatic heterocycles. The number of carbonyl (C=O) groups is 2. The summed E-state index contributed by atoms with van der Waals surface area (Å²) in [5.41, 5.74) is 1.39. The lowest BCUT2D eigenvalue weighted by atomic mass is 10.1. The van der Waals surface area contributed by atoms with Crippen molar-refractivity contribution in [2.45, 2.75) is 31.5 Å². The number of hydrogen-bond acceptors (Lipinski definition) is 5. The molecule has 0 unspecified atom stereocenters. The Bertz CT molecular complexity index is 981. The lowest BCUT2D eigenvalue weighted by molar-refractivity contribution is -0.117. The minimum atomic E-state index is -0.516. The number of urea groups is 1. The van der Waals surface area contributed by atoms with Crippen molar-refractivity contribution in [3.05, 3.63) is 60.7 Å². The van der Waals surface area contributed by atoms with Crippen LogP contribution in [0.5, 0.6) is 0 Å². The molecule has 8 heteroatoms. The van der Waals surface area contributed by atoms with Gasteiger partial charge in [-0.3, -0.25) is 14.7 Å². The zero-order valence-electron chi connectivity index (χ0n) is 16.5. The average Bonchev–Trinajstić information content (AvgIpc) is 3.10. The molecule has 2 N–H and O–H groups in total. The summed E-state index contributed by atoms with van der Waals surface area (Å²) in [6.07, 6.45) is 0. The molecule has 1 heterocycles. The second-order valence-corrected chi connectivity index (χ2v) is 8.33. The summed E-state index contributed by atoms with van der Waals surface area (Å²) in [5.74, 6) is 0.322. The van der Waals surface area contributed by atoms with Crippen molar-refractivity contribution in [1.29, 1.82) is 0 Å². The van der Waals surface area contributed by atoms with Crippen LogP contribution in [-0.4, -0.2) is 38.0 Å². The molecule has 3 rings (SSSR count). The lowest BCUT2D eigenvalue weighted by Crippen LogP contribution is -2.48. The first-order valence-corrected chi connectivity index (χ1v) is 10.1. The van der Waals surface area contributed by atoms with Crippen molar-refractivity contribution < 1.29 is 9.59 Å². The van der Waals surface area contributed by atoms with Gasteiger partial charge in [-0.15, -0.1) is 10.2 Å². The molecule has 29 heavy (non-hydrogen) atoms. The normalized spacial score (nSPS) is 11.1. The summed E-state index contributed by atoms with van der Waals surface area (Å²) in [6, 6.07) is 18.9. The first-order chi connectivity index (χ1) is 13.8. The zero-order chi connectivity index (χ0) is 20.9. The second kappa shape index (κ2) is 8.91. The number of carbonyl (C=O) groups excluding carboxylic acids is 2. The Labute approximate surface area is 173 Å². The van der Waals surface area contributed by atoms with E-state index in [1.54, 1.807) is 0 Å². The highest BCUT2D eigenvalue weighted by Gasteiger charge is 2.19. The molecule has 2 aromatic carbocycles. The maximum atomic E-state index is 12.2. The molecule has 3 amide bonds. The van der Waals surface area contributed by atoms with E-state index in [2.05, 4.69) is 20.8 Å². The second-order valence-electron chi connectivity index (χ2n) is 7.38. The molecule has 3 aromatic rings. The van der Waals surface area contributed by atoms with Gasteiger partial charge in [0.2, 0.25) is 5.91 Å². The molecule has 0 saturated carbocycles. The smallest absolute Gasteiger partial charge is 0.321 e. The van der Waals surface area contributed by atoms with Crippen LogP contribution in [0.25, 0.3) is 17.1 Å². The third-order valence-electron chi connectivity index (χ3n) is 3.75. The highest BCUT2D eigenvalue weighted by Crippen LogP contribution is 2.27. The van der Waals surface area contributed by atoms with Gasteiger partial charge < -0.3 is 5.32 Å². The summed E-state index contributed by atoms with van der Waals surface area (Å²) in [6.45, 7) is 5.54. The van der Waals surface area contributed by atoms with E-state index in [0.29, 0.717) is 11.0 Å². The van der Waals surface area contributed by atoms with Crippen LogP contribution in [0.2, 0.25) is 0 Å². The fraction of sp³-hybridized carbons (Fsp3) is 0.238. The predicted octanol–water partition coefficient (Wildman–Crippen LogP) is 3.65. The molecule has 0 bridgehead atoms. The molecule has 0 aliphatic carbocycles. The van der Waals surface area contributed by atoms with Gasteiger partial charge in [0.05, 0.1) is 5.75 Å². The predicted molar refractivity (Wildman–Crippen MR) is 114 cm³/mol. The third kappa shape index (κ3) is 5.68. The number of aromatic nitrogens is 3. The monoisotopic (exact) mass is 409 g/mol. The Balaban J connectivity index is 1.79. The largest absolute Gasteiger partial charge is 0.333 e. The third-order valence-corrected chi connectivity index (χ3v) is 4.68. The number of nitrogens with zero attached hydrogens (tertiary/aromatic N) is 3. The minimum Gasteiger partial charge on any atom is -0.333 e. The van der Waals surface area contributed by atoms with Crippen molar-refractivity contribution in [3.8, 4) is 17.1 Å². The Morgan fingerprint density at radius 1 is 0.966 bits per heavy atom. The molecular weight excluding hydrogens is 386 g/mol. The van der Waals surface area contributed by atoms with Gasteiger partial charge in [-0.2, -0.15) is 0 Å². The quantitative estimate of drug-likeness (QED) is 0.628. The molecule has 0 aliphatic rings. The summed E-state index contributed by atoms with van der Waals surface area (Å²) in [4.78, 5) is 24.1. The molecular formula is C21H23N5O2S. The summed E-state index contributed by atoms with van der Waals surface area (Å²) >= 11 is 1.22. The van der Waals surface area contributed by atoms with Crippen LogP contribution in [-0.2, 0) is 4.79 Å². The average molecular weight is 410 g/mol. The van der Waals surface area contributed by atoms with E-state index in [9.17, 15) is 9.59 Å². The van der Waals surface area contributed by atoms with Gasteiger partial charge in [0.15, 0.2) is 11.0 Å². The van der Waals surface area contributed by atoms with E-state index in [1.807, 2.05) is 86.0 Å². The van der Waals surface area contributed by atoms with Crippen molar-refractivity contribution in [1.82, 2.24) is 25.4 Å². The Kier molecular flexibility index (Phi) is 6.33. The van der Waals surface area contributed by atoms with Crippen LogP contribution in [0.1, 0.15) is 20.8 Å². The number of thioether (sulfide) groups is 1. The van der Waals surface area contributed by atoms with Crippen LogP contribution >= 0.6 is 11.8 Å². The topological polar surface area (TPSA) is 88.9 Å². The van der Waals surface area contributed by atoms with Gasteiger partial charge >= 0.3 is 6.03 Å². The van der Waals surface area contributed by atoms with E-state index in [4.69, 9.17) is 0 Å². The van der Waals surface area contributed by atoms with E-state index in [0.717, 1.165) is 11.3 Å². The summed E-state index contributed by atoms with van der Waals surface area (Å²) in [5, 5.41) is 14.2. The molecule has 0 atom stereocenters. The van der Waals surface area contributed by atoms with Gasteiger partial charge in [0.25, 0.3) is 0 Å². The number of benzene rings is 2. The van der Waals surface area contributed by atoms with Crippen LogP contribution < -0.4 is 10.6 Å². The van der Waals surface area contributed by atoms with E-state index >= 15 is 0 Å². The highest BCUT2D eigenvalue weighted by atomic mass is 32.2. The first kappa shape index (κ1) is 20.6. The van der Waals surface area contributed by atoms with Gasteiger partial charge in [-0.05, 0) is 32.9 Å². The highest BCUT2D eigenvalue weighted by molar-refractivity contribution is 7.99. The molecule has 0 spiro atoms. The van der Waals surface area contributed by atoms with Gasteiger partial charge in [-0.25, -0.2) is 4.79 Å².